The highest BCUT2D eigenvalue weighted by molar-refractivity contribution is 7.99. The van der Waals surface area contributed by atoms with Crippen LogP contribution in [0.5, 0.6) is 0 Å². The van der Waals surface area contributed by atoms with Crippen LogP contribution in [0, 0.1) is 0 Å². The Morgan fingerprint density at radius 2 is 1.90 bits per heavy atom. The topological polar surface area (TPSA) is 76.3 Å². The van der Waals surface area contributed by atoms with E-state index >= 15 is 0 Å². The molecule has 144 valence electrons. The third kappa shape index (κ3) is 3.47. The van der Waals surface area contributed by atoms with E-state index in [2.05, 4.69) is 26.3 Å². The fourth-order valence-electron chi connectivity index (χ4n) is 3.54. The number of anilines is 1. The van der Waals surface area contributed by atoms with Gasteiger partial charge in [0.05, 0.1) is 5.75 Å². The normalized spacial score (nSPS) is 13.4. The van der Waals surface area contributed by atoms with Gasteiger partial charge in [-0.15, -0.1) is 10.2 Å². The number of carbonyl (C=O) groups is 1. The molecule has 0 saturated carbocycles. The van der Waals surface area contributed by atoms with Gasteiger partial charge in [-0.05, 0) is 48.7 Å². The van der Waals surface area contributed by atoms with Crippen LogP contribution in [0.2, 0.25) is 0 Å². The van der Waals surface area contributed by atoms with Crippen molar-refractivity contribution < 1.29 is 4.79 Å². The minimum absolute atomic E-state index is 0.0992. The highest BCUT2D eigenvalue weighted by Gasteiger charge is 2.22. The van der Waals surface area contributed by atoms with Crippen molar-refractivity contribution in [2.75, 3.05) is 17.2 Å². The van der Waals surface area contributed by atoms with Crippen LogP contribution in [0.15, 0.2) is 66.0 Å². The van der Waals surface area contributed by atoms with Gasteiger partial charge < -0.3 is 4.90 Å². The van der Waals surface area contributed by atoms with E-state index in [1.54, 1.807) is 16.9 Å². The number of amides is 1. The standard InChI is InChI=1S/C21H18N6OS/c28-20(26-13-3-5-15-4-1-2-6-17(15)26)14-29-19-8-7-18-23-24-21(27(18)25-19)16-9-11-22-12-10-16/h1-2,4,6-12H,3,5,13-14H2. The van der Waals surface area contributed by atoms with E-state index in [9.17, 15) is 4.79 Å². The number of rotatable bonds is 4. The van der Waals surface area contributed by atoms with E-state index in [-0.39, 0.29) is 5.91 Å². The summed E-state index contributed by atoms with van der Waals surface area (Å²) < 4.78 is 1.71. The summed E-state index contributed by atoms with van der Waals surface area (Å²) in [5.74, 6) is 1.09. The van der Waals surface area contributed by atoms with Gasteiger partial charge in [-0.3, -0.25) is 9.78 Å². The maximum Gasteiger partial charge on any atom is 0.237 e. The molecular weight excluding hydrogens is 384 g/mol. The number of nitrogens with zero attached hydrogens (tertiary/aromatic N) is 6. The lowest BCUT2D eigenvalue weighted by Crippen LogP contribution is -2.36. The second-order valence-electron chi connectivity index (χ2n) is 6.77. The molecule has 0 bridgehead atoms. The Labute approximate surface area is 171 Å². The van der Waals surface area contributed by atoms with Gasteiger partial charge in [-0.2, -0.15) is 9.61 Å². The first kappa shape index (κ1) is 17.8. The van der Waals surface area contributed by atoms with Gasteiger partial charge in [-0.25, -0.2) is 0 Å². The van der Waals surface area contributed by atoms with Crippen LogP contribution in [0.1, 0.15) is 12.0 Å². The van der Waals surface area contributed by atoms with Crippen LogP contribution >= 0.6 is 11.8 Å². The van der Waals surface area contributed by atoms with Gasteiger partial charge in [0.15, 0.2) is 11.5 Å². The van der Waals surface area contributed by atoms with Crippen molar-refractivity contribution in [1.29, 1.82) is 0 Å². The molecule has 29 heavy (non-hydrogen) atoms. The number of pyridine rings is 1. The molecule has 4 aromatic rings. The minimum Gasteiger partial charge on any atom is -0.311 e. The van der Waals surface area contributed by atoms with E-state index < -0.39 is 0 Å². The van der Waals surface area contributed by atoms with Gasteiger partial charge in [0.2, 0.25) is 5.91 Å². The second kappa shape index (κ2) is 7.63. The van der Waals surface area contributed by atoms with Crippen LogP contribution in [-0.2, 0) is 11.2 Å². The molecule has 5 rings (SSSR count). The Bertz CT molecular complexity index is 1180. The fraction of sp³-hybridized carbons (Fsp3) is 0.190. The zero-order valence-electron chi connectivity index (χ0n) is 15.6. The summed E-state index contributed by atoms with van der Waals surface area (Å²) in [6.45, 7) is 0.764. The summed E-state index contributed by atoms with van der Waals surface area (Å²) >= 11 is 1.43. The number of thioether (sulfide) groups is 1. The van der Waals surface area contributed by atoms with Crippen LogP contribution in [0.3, 0.4) is 0 Å². The molecule has 0 aliphatic carbocycles. The largest absolute Gasteiger partial charge is 0.311 e. The van der Waals surface area contributed by atoms with Crippen molar-refractivity contribution >= 4 is 29.0 Å². The van der Waals surface area contributed by atoms with Gasteiger partial charge >= 0.3 is 0 Å². The minimum atomic E-state index is 0.0992. The maximum atomic E-state index is 12.9. The smallest absolute Gasteiger partial charge is 0.237 e. The lowest BCUT2D eigenvalue weighted by atomic mass is 10.0. The van der Waals surface area contributed by atoms with E-state index in [4.69, 9.17) is 0 Å². The third-order valence-corrected chi connectivity index (χ3v) is 5.84. The molecule has 7 nitrogen and oxygen atoms in total. The van der Waals surface area contributed by atoms with Crippen LogP contribution in [0.4, 0.5) is 5.69 Å². The van der Waals surface area contributed by atoms with Crippen molar-refractivity contribution in [2.45, 2.75) is 17.9 Å². The summed E-state index contributed by atoms with van der Waals surface area (Å²) in [7, 11) is 0. The molecule has 8 heteroatoms. The van der Waals surface area contributed by atoms with Gasteiger partial charge in [0.1, 0.15) is 5.03 Å². The first-order valence-corrected chi connectivity index (χ1v) is 10.4. The Hall–Kier alpha value is -3.26. The van der Waals surface area contributed by atoms with Gasteiger partial charge in [0.25, 0.3) is 0 Å². The first-order chi connectivity index (χ1) is 14.3. The quantitative estimate of drug-likeness (QED) is 0.488. The van der Waals surface area contributed by atoms with Crippen LogP contribution < -0.4 is 4.90 Å². The number of fused-ring (bicyclic) bond motifs is 2. The number of hydrogen-bond acceptors (Lipinski definition) is 6. The predicted molar refractivity (Wildman–Crippen MR) is 112 cm³/mol. The second-order valence-corrected chi connectivity index (χ2v) is 7.76. The summed E-state index contributed by atoms with van der Waals surface area (Å²) in [5.41, 5.74) is 3.83. The summed E-state index contributed by atoms with van der Waals surface area (Å²) in [6.07, 6.45) is 5.44. The number of aryl methyl sites for hydroxylation is 1. The van der Waals surface area contributed by atoms with Crippen molar-refractivity contribution in [1.82, 2.24) is 24.8 Å². The highest BCUT2D eigenvalue weighted by atomic mass is 32.2. The van der Waals surface area contributed by atoms with Crippen LogP contribution in [0.25, 0.3) is 17.0 Å². The van der Waals surface area contributed by atoms with Crippen molar-refractivity contribution in [3.05, 3.63) is 66.5 Å². The van der Waals surface area contributed by atoms with E-state index in [0.717, 1.165) is 35.7 Å². The molecule has 1 aromatic carbocycles. The Morgan fingerprint density at radius 1 is 1.03 bits per heavy atom. The summed E-state index contributed by atoms with van der Waals surface area (Å²) in [6, 6.07) is 15.6. The molecule has 3 aromatic heterocycles. The lowest BCUT2D eigenvalue weighted by Gasteiger charge is -2.29. The van der Waals surface area contributed by atoms with E-state index in [0.29, 0.717) is 17.2 Å². The molecule has 0 unspecified atom stereocenters. The maximum absolute atomic E-state index is 12.9. The monoisotopic (exact) mass is 402 g/mol. The third-order valence-electron chi connectivity index (χ3n) is 4.93. The number of hydrogen-bond donors (Lipinski definition) is 0. The highest BCUT2D eigenvalue weighted by Crippen LogP contribution is 2.28. The Morgan fingerprint density at radius 3 is 2.79 bits per heavy atom. The number of aromatic nitrogens is 5. The summed E-state index contributed by atoms with van der Waals surface area (Å²) in [4.78, 5) is 18.8. The average molecular weight is 402 g/mol. The number of para-hydroxylation sites is 1. The molecule has 0 saturated heterocycles. The molecule has 1 aliphatic rings. The van der Waals surface area contributed by atoms with Crippen molar-refractivity contribution in [3.63, 3.8) is 0 Å². The zero-order chi connectivity index (χ0) is 19.6. The number of carbonyl (C=O) groups excluding carboxylic acids is 1. The van der Waals surface area contributed by atoms with Gasteiger partial charge in [0, 0.05) is 30.2 Å². The fourth-order valence-corrected chi connectivity index (χ4v) is 4.27. The molecule has 0 spiro atoms. The van der Waals surface area contributed by atoms with Gasteiger partial charge in [-0.1, -0.05) is 30.0 Å². The Balaban J connectivity index is 1.36. The molecule has 0 atom stereocenters. The zero-order valence-corrected chi connectivity index (χ0v) is 16.4. The molecule has 1 amide bonds. The molecular formula is C21H18N6OS. The SMILES string of the molecule is O=C(CSc1ccc2nnc(-c3ccncc3)n2n1)N1CCCc2ccccc21. The van der Waals surface area contributed by atoms with E-state index in [1.807, 2.05) is 47.4 Å². The van der Waals surface area contributed by atoms with Crippen molar-refractivity contribution in [2.24, 2.45) is 0 Å². The van der Waals surface area contributed by atoms with E-state index in [1.165, 1.54) is 17.3 Å². The average Bonchev–Trinajstić information content (AvgIpc) is 3.21. The summed E-state index contributed by atoms with van der Waals surface area (Å²) in [5, 5.41) is 13.8. The molecule has 0 fully saturated rings. The predicted octanol–water partition coefficient (Wildman–Crippen LogP) is 3.26. The molecule has 1 aliphatic heterocycles. The number of benzene rings is 1. The molecule has 0 N–H and O–H groups in total. The van der Waals surface area contributed by atoms with Crippen molar-refractivity contribution in [3.8, 4) is 11.4 Å². The Kier molecular flexibility index (Phi) is 4.69. The molecule has 0 radical (unpaired) electrons. The molecule has 4 heterocycles. The first-order valence-electron chi connectivity index (χ1n) is 9.43. The lowest BCUT2D eigenvalue weighted by molar-refractivity contribution is -0.116. The van der Waals surface area contributed by atoms with Crippen LogP contribution in [-0.4, -0.2) is 43.0 Å².